The Morgan fingerprint density at radius 3 is 2.53 bits per heavy atom. The van der Waals surface area contributed by atoms with Crippen molar-refractivity contribution in [3.63, 3.8) is 0 Å². The lowest BCUT2D eigenvalue weighted by atomic mass is 10.0. The Bertz CT molecular complexity index is 780. The molecule has 0 radical (unpaired) electrons. The highest BCUT2D eigenvalue weighted by Gasteiger charge is 2.15. The second-order valence-corrected chi connectivity index (χ2v) is 4.04. The lowest BCUT2D eigenvalue weighted by Crippen LogP contribution is -1.96. The summed E-state index contributed by atoms with van der Waals surface area (Å²) >= 11 is 0. The van der Waals surface area contributed by atoms with Crippen LogP contribution in [0.15, 0.2) is 48.7 Å². The number of non-ortho nitro benzene ring substituents is 1. The minimum atomic E-state index is -0.414. The standard InChI is InChI=1S/C13H9N3O3/c17-15-12(7-8-14-15)10-4-1-5-11-9(10)3-2-6-13(11)16(18)19/h1-8,17H. The van der Waals surface area contributed by atoms with E-state index < -0.39 is 4.92 Å². The van der Waals surface area contributed by atoms with Crippen molar-refractivity contribution in [2.45, 2.75) is 0 Å². The molecule has 2 aromatic carbocycles. The first kappa shape index (κ1) is 11.2. The molecule has 0 unspecified atom stereocenters. The fourth-order valence-corrected chi connectivity index (χ4v) is 2.17. The zero-order valence-electron chi connectivity index (χ0n) is 9.72. The van der Waals surface area contributed by atoms with Gasteiger partial charge in [-0.15, -0.1) is 9.94 Å². The zero-order valence-corrected chi connectivity index (χ0v) is 9.72. The molecule has 0 spiro atoms. The molecule has 0 fully saturated rings. The molecule has 0 aliphatic carbocycles. The summed E-state index contributed by atoms with van der Waals surface area (Å²) in [5, 5.41) is 25.6. The van der Waals surface area contributed by atoms with Crippen molar-refractivity contribution in [1.82, 2.24) is 9.94 Å². The number of nitro groups is 1. The van der Waals surface area contributed by atoms with Gasteiger partial charge in [0, 0.05) is 11.6 Å². The van der Waals surface area contributed by atoms with E-state index in [2.05, 4.69) is 5.10 Å². The van der Waals surface area contributed by atoms with Crippen LogP contribution in [-0.2, 0) is 0 Å². The van der Waals surface area contributed by atoms with E-state index in [1.54, 1.807) is 36.4 Å². The van der Waals surface area contributed by atoms with Crippen LogP contribution in [0.5, 0.6) is 0 Å². The number of aromatic nitrogens is 2. The molecular formula is C13H9N3O3. The summed E-state index contributed by atoms with van der Waals surface area (Å²) in [6.07, 6.45) is 1.46. The third-order valence-electron chi connectivity index (χ3n) is 3.00. The Morgan fingerprint density at radius 2 is 1.84 bits per heavy atom. The molecular weight excluding hydrogens is 246 g/mol. The fraction of sp³-hybridized carbons (Fsp3) is 0. The summed E-state index contributed by atoms with van der Waals surface area (Å²) in [6, 6.07) is 11.7. The van der Waals surface area contributed by atoms with Crippen LogP contribution in [0.1, 0.15) is 0 Å². The lowest BCUT2D eigenvalue weighted by Gasteiger charge is -2.06. The molecule has 0 saturated heterocycles. The van der Waals surface area contributed by atoms with Crippen LogP contribution in [0.2, 0.25) is 0 Å². The quantitative estimate of drug-likeness (QED) is 0.433. The predicted octanol–water partition coefficient (Wildman–Crippen LogP) is 2.85. The van der Waals surface area contributed by atoms with E-state index in [9.17, 15) is 15.3 Å². The van der Waals surface area contributed by atoms with E-state index in [-0.39, 0.29) is 5.69 Å². The van der Waals surface area contributed by atoms with Gasteiger partial charge in [-0.1, -0.05) is 24.3 Å². The average molecular weight is 255 g/mol. The highest BCUT2D eigenvalue weighted by Crippen LogP contribution is 2.32. The van der Waals surface area contributed by atoms with Crippen molar-refractivity contribution in [2.75, 3.05) is 0 Å². The second-order valence-electron chi connectivity index (χ2n) is 4.04. The molecule has 1 heterocycles. The summed E-state index contributed by atoms with van der Waals surface area (Å²) in [4.78, 5) is 11.4. The van der Waals surface area contributed by atoms with E-state index in [4.69, 9.17) is 0 Å². The van der Waals surface area contributed by atoms with Crippen LogP contribution < -0.4 is 0 Å². The van der Waals surface area contributed by atoms with Crippen molar-refractivity contribution in [3.05, 3.63) is 58.8 Å². The predicted molar refractivity (Wildman–Crippen MR) is 69.0 cm³/mol. The number of hydrogen-bond acceptors (Lipinski definition) is 4. The molecule has 94 valence electrons. The summed E-state index contributed by atoms with van der Waals surface area (Å²) < 4.78 is 0. The van der Waals surface area contributed by atoms with Crippen LogP contribution in [0.25, 0.3) is 22.0 Å². The van der Waals surface area contributed by atoms with Crippen molar-refractivity contribution in [2.24, 2.45) is 0 Å². The molecule has 0 amide bonds. The van der Waals surface area contributed by atoms with Gasteiger partial charge in [0.1, 0.15) is 5.69 Å². The van der Waals surface area contributed by atoms with Crippen molar-refractivity contribution in [3.8, 4) is 11.3 Å². The topological polar surface area (TPSA) is 81.2 Å². The first-order valence-corrected chi connectivity index (χ1v) is 5.58. The smallest absolute Gasteiger partial charge is 0.277 e. The molecule has 0 aliphatic heterocycles. The van der Waals surface area contributed by atoms with Crippen molar-refractivity contribution >= 4 is 16.5 Å². The number of benzene rings is 2. The first-order chi connectivity index (χ1) is 9.18. The van der Waals surface area contributed by atoms with Gasteiger partial charge < -0.3 is 5.21 Å². The van der Waals surface area contributed by atoms with Crippen LogP contribution in [0.3, 0.4) is 0 Å². The number of fused-ring (bicyclic) bond motifs is 1. The summed E-state index contributed by atoms with van der Waals surface area (Å²) in [5.74, 6) is 0. The van der Waals surface area contributed by atoms with Crippen LogP contribution in [-0.4, -0.2) is 20.1 Å². The van der Waals surface area contributed by atoms with E-state index in [0.717, 1.165) is 4.85 Å². The Morgan fingerprint density at radius 1 is 1.11 bits per heavy atom. The molecule has 0 atom stereocenters. The number of hydrogen-bond donors (Lipinski definition) is 1. The van der Waals surface area contributed by atoms with Gasteiger partial charge in [-0.2, -0.15) is 0 Å². The lowest BCUT2D eigenvalue weighted by molar-refractivity contribution is -0.383. The zero-order chi connectivity index (χ0) is 13.4. The highest BCUT2D eigenvalue weighted by molar-refractivity contribution is 6.00. The molecule has 3 rings (SSSR count). The Kier molecular flexibility index (Phi) is 2.42. The molecule has 3 aromatic rings. The van der Waals surface area contributed by atoms with Gasteiger partial charge in [0.25, 0.3) is 5.69 Å². The maximum absolute atomic E-state index is 11.0. The van der Waals surface area contributed by atoms with E-state index in [1.807, 2.05) is 0 Å². The third-order valence-corrected chi connectivity index (χ3v) is 3.00. The highest BCUT2D eigenvalue weighted by atomic mass is 16.6. The Labute approximate surface area is 107 Å². The number of nitro benzene ring substituents is 1. The first-order valence-electron chi connectivity index (χ1n) is 5.58. The summed E-state index contributed by atoms with van der Waals surface area (Å²) in [6.45, 7) is 0. The van der Waals surface area contributed by atoms with Gasteiger partial charge in [-0.3, -0.25) is 10.1 Å². The minimum Gasteiger partial charge on any atom is -0.411 e. The Balaban J connectivity index is 2.37. The van der Waals surface area contributed by atoms with Gasteiger partial charge in [0.15, 0.2) is 0 Å². The van der Waals surface area contributed by atoms with E-state index >= 15 is 0 Å². The average Bonchev–Trinajstić information content (AvgIpc) is 2.83. The molecule has 1 aromatic heterocycles. The maximum Gasteiger partial charge on any atom is 0.277 e. The monoisotopic (exact) mass is 255 g/mol. The van der Waals surface area contributed by atoms with Gasteiger partial charge >= 0.3 is 0 Å². The van der Waals surface area contributed by atoms with Gasteiger partial charge in [0.2, 0.25) is 0 Å². The van der Waals surface area contributed by atoms with Gasteiger partial charge in [-0.05, 0) is 17.5 Å². The SMILES string of the molecule is O=[N+]([O-])c1cccc2c(-c3ccnn3O)cccc12. The fourth-order valence-electron chi connectivity index (χ4n) is 2.17. The summed E-state index contributed by atoms with van der Waals surface area (Å²) in [7, 11) is 0. The second kappa shape index (κ2) is 4.09. The Hall–Kier alpha value is -2.89. The molecule has 0 aliphatic rings. The minimum absolute atomic E-state index is 0.0448. The van der Waals surface area contributed by atoms with Gasteiger partial charge in [0.05, 0.1) is 16.5 Å². The van der Waals surface area contributed by atoms with E-state index in [0.29, 0.717) is 22.0 Å². The van der Waals surface area contributed by atoms with Crippen molar-refractivity contribution in [1.29, 1.82) is 0 Å². The molecule has 6 nitrogen and oxygen atoms in total. The van der Waals surface area contributed by atoms with Crippen LogP contribution >= 0.6 is 0 Å². The van der Waals surface area contributed by atoms with E-state index in [1.165, 1.54) is 12.3 Å². The molecule has 6 heteroatoms. The van der Waals surface area contributed by atoms with Crippen molar-refractivity contribution < 1.29 is 10.1 Å². The van der Waals surface area contributed by atoms with Crippen LogP contribution in [0.4, 0.5) is 5.69 Å². The molecule has 0 bridgehead atoms. The molecule has 0 saturated carbocycles. The summed E-state index contributed by atoms with van der Waals surface area (Å²) in [5.41, 5.74) is 1.23. The third kappa shape index (κ3) is 1.70. The molecule has 1 N–H and O–H groups in total. The number of nitrogens with zero attached hydrogens (tertiary/aromatic N) is 3. The van der Waals surface area contributed by atoms with Gasteiger partial charge in [-0.25, -0.2) is 0 Å². The normalized spacial score (nSPS) is 10.7. The largest absolute Gasteiger partial charge is 0.411 e. The maximum atomic E-state index is 11.0. The molecule has 19 heavy (non-hydrogen) atoms. The van der Waals surface area contributed by atoms with Crippen LogP contribution in [0, 0.1) is 10.1 Å². The number of rotatable bonds is 2.